The molecule has 0 heterocycles. The van der Waals surface area contributed by atoms with E-state index < -0.39 is 0 Å². The third kappa shape index (κ3) is 2.57. The summed E-state index contributed by atoms with van der Waals surface area (Å²) in [5, 5.41) is 3.21. The van der Waals surface area contributed by atoms with Gasteiger partial charge in [0.05, 0.1) is 0 Å². The van der Waals surface area contributed by atoms with Crippen LogP contribution in [0.1, 0.15) is 31.2 Å². The molecule has 2 heteroatoms. The molecule has 0 aromatic heterocycles. The Morgan fingerprint density at radius 2 is 1.56 bits per heavy atom. The second kappa shape index (κ2) is 5.63. The van der Waals surface area contributed by atoms with Crippen LogP contribution in [-0.4, -0.2) is 0 Å². The minimum atomic E-state index is 0.361. The normalized spacial score (nSPS) is 15.0. The van der Waals surface area contributed by atoms with E-state index in [-0.39, 0.29) is 0 Å². The lowest BCUT2D eigenvalue weighted by atomic mass is 9.89. The largest absolute Gasteiger partial charge is 0.0837 e. The van der Waals surface area contributed by atoms with Crippen molar-refractivity contribution in [2.75, 3.05) is 0 Å². The fraction of sp³-hybridized carbons (Fsp3) is 0.375. The average molecular weight is 326 g/mol. The van der Waals surface area contributed by atoms with Crippen molar-refractivity contribution in [3.63, 3.8) is 0 Å². The first kappa shape index (κ1) is 13.9. The summed E-state index contributed by atoms with van der Waals surface area (Å²) in [7, 11) is 0. The van der Waals surface area contributed by atoms with Gasteiger partial charge in [-0.1, -0.05) is 78.6 Å². The van der Waals surface area contributed by atoms with Gasteiger partial charge in [0, 0.05) is 15.2 Å². The van der Waals surface area contributed by atoms with Crippen LogP contribution in [0.4, 0.5) is 0 Å². The maximum Gasteiger partial charge on any atom is 0.0484 e. The van der Waals surface area contributed by atoms with Gasteiger partial charge in [0.1, 0.15) is 0 Å². The molecule has 2 rings (SSSR count). The summed E-state index contributed by atoms with van der Waals surface area (Å²) >= 11 is 10.1. The first-order valence-corrected chi connectivity index (χ1v) is 7.63. The zero-order valence-corrected chi connectivity index (χ0v) is 13.3. The summed E-state index contributed by atoms with van der Waals surface area (Å²) < 4.78 is 0. The number of hydrogen-bond donors (Lipinski definition) is 0. The molecular weight excluding hydrogens is 308 g/mol. The van der Waals surface area contributed by atoms with Crippen LogP contribution in [0.15, 0.2) is 36.4 Å². The molecule has 0 N–H and O–H groups in total. The Morgan fingerprint density at radius 1 is 0.944 bits per heavy atom. The first-order valence-electron chi connectivity index (χ1n) is 6.33. The Hall–Kier alpha value is -0.530. The first-order chi connectivity index (χ1) is 8.52. The molecule has 2 atom stereocenters. The molecule has 2 aromatic rings. The summed E-state index contributed by atoms with van der Waals surface area (Å²) in [6.45, 7) is 6.81. The highest BCUT2D eigenvalue weighted by atomic mass is 79.9. The third-order valence-corrected chi connectivity index (χ3v) is 5.37. The Balaban J connectivity index is 2.55. The van der Waals surface area contributed by atoms with Gasteiger partial charge >= 0.3 is 0 Å². The molecule has 0 amide bonds. The highest BCUT2D eigenvalue weighted by Gasteiger charge is 2.21. The van der Waals surface area contributed by atoms with Gasteiger partial charge in [-0.25, -0.2) is 0 Å². The monoisotopic (exact) mass is 324 g/mol. The summed E-state index contributed by atoms with van der Waals surface area (Å²) in [5.74, 6) is 1.22. The van der Waals surface area contributed by atoms with Gasteiger partial charge in [0.15, 0.2) is 0 Å². The van der Waals surface area contributed by atoms with Gasteiger partial charge in [-0.05, 0) is 28.9 Å². The minimum Gasteiger partial charge on any atom is -0.0837 e. The topological polar surface area (TPSA) is 0 Å². The van der Waals surface area contributed by atoms with Crippen LogP contribution in [0.2, 0.25) is 5.02 Å². The molecule has 0 aliphatic rings. The second-order valence-electron chi connectivity index (χ2n) is 5.19. The summed E-state index contributed by atoms with van der Waals surface area (Å²) in [6, 6.07) is 12.5. The van der Waals surface area contributed by atoms with Gasteiger partial charge < -0.3 is 0 Å². The van der Waals surface area contributed by atoms with Crippen LogP contribution in [0.3, 0.4) is 0 Å². The van der Waals surface area contributed by atoms with E-state index in [1.807, 2.05) is 12.1 Å². The quantitative estimate of drug-likeness (QED) is 0.587. The van der Waals surface area contributed by atoms with Gasteiger partial charge in [0.2, 0.25) is 0 Å². The molecule has 2 unspecified atom stereocenters. The van der Waals surface area contributed by atoms with Gasteiger partial charge in [-0.15, -0.1) is 0 Å². The van der Waals surface area contributed by atoms with Gasteiger partial charge in [0.25, 0.3) is 0 Å². The molecule has 0 aliphatic heterocycles. The Morgan fingerprint density at radius 3 is 2.17 bits per heavy atom. The lowest BCUT2D eigenvalue weighted by Crippen LogP contribution is -2.10. The molecule has 0 aliphatic carbocycles. The lowest BCUT2D eigenvalue weighted by molar-refractivity contribution is 0.415. The predicted molar refractivity (Wildman–Crippen MR) is 84.6 cm³/mol. The number of halogens is 2. The zero-order valence-electron chi connectivity index (χ0n) is 11.0. The molecule has 96 valence electrons. The molecule has 0 nitrogen and oxygen atoms in total. The Bertz CT molecular complexity index is 548. The van der Waals surface area contributed by atoms with Crippen LogP contribution in [0, 0.1) is 11.8 Å². The third-order valence-electron chi connectivity index (χ3n) is 3.71. The molecule has 0 bridgehead atoms. The van der Waals surface area contributed by atoms with Crippen LogP contribution in [-0.2, 0) is 0 Å². The fourth-order valence-electron chi connectivity index (χ4n) is 2.15. The summed E-state index contributed by atoms with van der Waals surface area (Å²) in [5.41, 5.74) is 1.33. The van der Waals surface area contributed by atoms with E-state index in [9.17, 15) is 0 Å². The van der Waals surface area contributed by atoms with E-state index in [2.05, 4.69) is 61.0 Å². The van der Waals surface area contributed by atoms with Crippen LogP contribution >= 0.6 is 27.5 Å². The molecule has 2 aromatic carbocycles. The van der Waals surface area contributed by atoms with Crippen molar-refractivity contribution in [1.82, 2.24) is 0 Å². The summed E-state index contributed by atoms with van der Waals surface area (Å²) in [4.78, 5) is 0.361. The van der Waals surface area contributed by atoms with Crippen LogP contribution in [0.5, 0.6) is 0 Å². The van der Waals surface area contributed by atoms with E-state index in [1.165, 1.54) is 10.9 Å². The van der Waals surface area contributed by atoms with Crippen LogP contribution in [0.25, 0.3) is 10.8 Å². The van der Waals surface area contributed by atoms with E-state index in [4.69, 9.17) is 11.6 Å². The van der Waals surface area contributed by atoms with E-state index >= 15 is 0 Å². The predicted octanol–water partition coefficient (Wildman–Crippen LogP) is 6.22. The molecule has 18 heavy (non-hydrogen) atoms. The Kier molecular flexibility index (Phi) is 4.34. The molecule has 0 spiro atoms. The number of rotatable bonds is 3. The summed E-state index contributed by atoms with van der Waals surface area (Å²) in [6.07, 6.45) is 0. The molecule has 0 saturated carbocycles. The number of benzene rings is 2. The SMILES string of the molecule is CC(C)C(C)C(Br)c1ccc(Cl)c2ccccc12. The maximum absolute atomic E-state index is 6.26. The van der Waals surface area contributed by atoms with Crippen LogP contribution < -0.4 is 0 Å². The number of fused-ring (bicyclic) bond motifs is 1. The highest BCUT2D eigenvalue weighted by Crippen LogP contribution is 2.40. The number of hydrogen-bond acceptors (Lipinski definition) is 0. The maximum atomic E-state index is 6.26. The molecule has 0 fully saturated rings. The minimum absolute atomic E-state index is 0.361. The van der Waals surface area contributed by atoms with Crippen molar-refractivity contribution in [1.29, 1.82) is 0 Å². The fourth-order valence-corrected chi connectivity index (χ4v) is 3.38. The highest BCUT2D eigenvalue weighted by molar-refractivity contribution is 9.09. The van der Waals surface area contributed by atoms with E-state index in [1.54, 1.807) is 0 Å². The van der Waals surface area contributed by atoms with Crippen molar-refractivity contribution in [2.45, 2.75) is 25.6 Å². The average Bonchev–Trinajstić information content (AvgIpc) is 2.38. The van der Waals surface area contributed by atoms with Gasteiger partial charge in [-0.2, -0.15) is 0 Å². The van der Waals surface area contributed by atoms with Crippen molar-refractivity contribution in [2.24, 2.45) is 11.8 Å². The number of alkyl halides is 1. The second-order valence-corrected chi connectivity index (χ2v) is 6.58. The van der Waals surface area contributed by atoms with Crippen molar-refractivity contribution < 1.29 is 0 Å². The van der Waals surface area contributed by atoms with Crippen molar-refractivity contribution in [3.05, 3.63) is 47.0 Å². The molecule has 0 saturated heterocycles. The Labute approximate surface area is 122 Å². The van der Waals surface area contributed by atoms with E-state index in [0.717, 1.165) is 10.4 Å². The van der Waals surface area contributed by atoms with Gasteiger partial charge in [-0.3, -0.25) is 0 Å². The molecular formula is C16H18BrCl. The zero-order chi connectivity index (χ0) is 13.3. The standard InChI is InChI=1S/C16H18BrCl/c1-10(2)11(3)16(17)14-8-9-15(18)13-7-5-4-6-12(13)14/h4-11,16H,1-3H3. The van der Waals surface area contributed by atoms with Crippen molar-refractivity contribution >= 4 is 38.3 Å². The molecule has 0 radical (unpaired) electrons. The smallest absolute Gasteiger partial charge is 0.0484 e. The van der Waals surface area contributed by atoms with Crippen molar-refractivity contribution in [3.8, 4) is 0 Å². The van der Waals surface area contributed by atoms with E-state index in [0.29, 0.717) is 16.7 Å². The lowest BCUT2D eigenvalue weighted by Gasteiger charge is -2.23.